The van der Waals surface area contributed by atoms with E-state index in [9.17, 15) is 0 Å². The first-order chi connectivity index (χ1) is 6.95. The molecule has 0 amide bonds. The molecular formula is C11H10N2S. The molecule has 70 valence electrons. The molecule has 0 radical (unpaired) electrons. The minimum Gasteiger partial charge on any atom is -0.318 e. The van der Waals surface area contributed by atoms with Crippen LogP contribution in [0.2, 0.25) is 0 Å². The molecule has 0 spiro atoms. The molecular weight excluding hydrogens is 192 g/mol. The maximum absolute atomic E-state index is 4.40. The van der Waals surface area contributed by atoms with Crippen LogP contribution in [0.4, 0.5) is 0 Å². The molecule has 2 heterocycles. The number of hydrogen-bond donors (Lipinski definition) is 0. The van der Waals surface area contributed by atoms with Crippen molar-refractivity contribution in [3.8, 4) is 11.3 Å². The highest BCUT2D eigenvalue weighted by molar-refractivity contribution is 7.99. The molecule has 2 aromatic rings. The van der Waals surface area contributed by atoms with Gasteiger partial charge in [-0.3, -0.25) is 0 Å². The number of nitrogens with zero attached hydrogens (tertiary/aromatic N) is 2. The minimum atomic E-state index is 1.09. The Labute approximate surface area is 87.0 Å². The lowest BCUT2D eigenvalue weighted by atomic mass is 10.2. The van der Waals surface area contributed by atoms with Gasteiger partial charge in [0.2, 0.25) is 0 Å². The molecule has 0 aliphatic carbocycles. The lowest BCUT2D eigenvalue weighted by Crippen LogP contribution is -1.95. The summed E-state index contributed by atoms with van der Waals surface area (Å²) in [5, 5.41) is 1.16. The Morgan fingerprint density at radius 3 is 2.93 bits per heavy atom. The van der Waals surface area contributed by atoms with E-state index in [1.807, 2.05) is 24.0 Å². The molecule has 14 heavy (non-hydrogen) atoms. The largest absolute Gasteiger partial charge is 0.318 e. The quantitative estimate of drug-likeness (QED) is 0.707. The summed E-state index contributed by atoms with van der Waals surface area (Å²) in [4.78, 5) is 4.40. The van der Waals surface area contributed by atoms with E-state index in [-0.39, 0.29) is 0 Å². The van der Waals surface area contributed by atoms with Crippen molar-refractivity contribution in [1.29, 1.82) is 0 Å². The standard InChI is InChI=1S/C11H10N2S/c1-2-4-9(5-3-1)10-8-12-11-13(10)6-7-14-11/h1-5,8H,6-7H2. The topological polar surface area (TPSA) is 17.8 Å². The van der Waals surface area contributed by atoms with Gasteiger partial charge >= 0.3 is 0 Å². The van der Waals surface area contributed by atoms with E-state index in [0.29, 0.717) is 0 Å². The van der Waals surface area contributed by atoms with Crippen LogP contribution in [0.15, 0.2) is 41.7 Å². The van der Waals surface area contributed by atoms with Crippen molar-refractivity contribution in [2.75, 3.05) is 5.75 Å². The van der Waals surface area contributed by atoms with E-state index in [1.54, 1.807) is 0 Å². The first-order valence-corrected chi connectivity index (χ1v) is 5.67. The Kier molecular flexibility index (Phi) is 1.84. The van der Waals surface area contributed by atoms with Crippen LogP contribution in [0.3, 0.4) is 0 Å². The number of thioether (sulfide) groups is 1. The molecule has 0 saturated carbocycles. The summed E-state index contributed by atoms with van der Waals surface area (Å²) in [5.41, 5.74) is 2.50. The van der Waals surface area contributed by atoms with Crippen LogP contribution in [-0.4, -0.2) is 15.3 Å². The molecule has 1 aliphatic rings. The third-order valence-corrected chi connectivity index (χ3v) is 3.41. The Balaban J connectivity index is 2.13. The monoisotopic (exact) mass is 202 g/mol. The molecule has 1 aromatic carbocycles. The SMILES string of the molecule is c1ccc(-c2cnc3n2CCS3)cc1. The molecule has 3 heteroatoms. The van der Waals surface area contributed by atoms with Gasteiger partial charge in [-0.25, -0.2) is 4.98 Å². The van der Waals surface area contributed by atoms with Crippen molar-refractivity contribution in [2.45, 2.75) is 11.7 Å². The van der Waals surface area contributed by atoms with Crippen molar-refractivity contribution in [3.05, 3.63) is 36.5 Å². The third-order valence-electron chi connectivity index (χ3n) is 2.43. The lowest BCUT2D eigenvalue weighted by molar-refractivity contribution is 0.726. The molecule has 0 unspecified atom stereocenters. The number of rotatable bonds is 1. The Morgan fingerprint density at radius 2 is 2.07 bits per heavy atom. The van der Waals surface area contributed by atoms with Crippen LogP contribution in [0.1, 0.15) is 0 Å². The van der Waals surface area contributed by atoms with Crippen LogP contribution in [0, 0.1) is 0 Å². The van der Waals surface area contributed by atoms with Gasteiger partial charge in [-0.15, -0.1) is 0 Å². The molecule has 1 aliphatic heterocycles. The molecule has 0 atom stereocenters. The maximum atomic E-state index is 4.40. The van der Waals surface area contributed by atoms with Crippen LogP contribution in [0.25, 0.3) is 11.3 Å². The van der Waals surface area contributed by atoms with Crippen molar-refractivity contribution in [3.63, 3.8) is 0 Å². The van der Waals surface area contributed by atoms with Gasteiger partial charge in [0.25, 0.3) is 0 Å². The first-order valence-electron chi connectivity index (χ1n) is 4.69. The number of benzene rings is 1. The van der Waals surface area contributed by atoms with E-state index in [4.69, 9.17) is 0 Å². The fourth-order valence-corrected chi connectivity index (χ4v) is 2.69. The highest BCUT2D eigenvalue weighted by Crippen LogP contribution is 2.30. The van der Waals surface area contributed by atoms with Crippen molar-refractivity contribution < 1.29 is 0 Å². The minimum absolute atomic E-state index is 1.09. The highest BCUT2D eigenvalue weighted by Gasteiger charge is 2.16. The van der Waals surface area contributed by atoms with Gasteiger partial charge in [-0.1, -0.05) is 42.1 Å². The normalized spacial score (nSPS) is 14.3. The smallest absolute Gasteiger partial charge is 0.168 e. The van der Waals surface area contributed by atoms with Crippen LogP contribution < -0.4 is 0 Å². The molecule has 0 fully saturated rings. The summed E-state index contributed by atoms with van der Waals surface area (Å²) in [6.45, 7) is 1.09. The molecule has 0 N–H and O–H groups in total. The van der Waals surface area contributed by atoms with E-state index in [2.05, 4.69) is 33.8 Å². The molecule has 3 rings (SSSR count). The maximum Gasteiger partial charge on any atom is 0.168 e. The number of hydrogen-bond acceptors (Lipinski definition) is 2. The second kappa shape index (κ2) is 3.17. The van der Waals surface area contributed by atoms with Gasteiger partial charge < -0.3 is 4.57 Å². The molecule has 2 nitrogen and oxygen atoms in total. The fraction of sp³-hybridized carbons (Fsp3) is 0.182. The van der Waals surface area contributed by atoms with Gasteiger partial charge in [0, 0.05) is 12.3 Å². The summed E-state index contributed by atoms with van der Waals surface area (Å²) in [6.07, 6.45) is 1.97. The molecule has 0 bridgehead atoms. The zero-order valence-corrected chi connectivity index (χ0v) is 8.50. The van der Waals surface area contributed by atoms with E-state index < -0.39 is 0 Å². The average molecular weight is 202 g/mol. The summed E-state index contributed by atoms with van der Waals surface area (Å²) in [6, 6.07) is 10.4. The predicted molar refractivity (Wildman–Crippen MR) is 58.4 cm³/mol. The van der Waals surface area contributed by atoms with E-state index in [1.165, 1.54) is 11.3 Å². The Bertz CT molecular complexity index is 448. The Hall–Kier alpha value is -1.22. The number of aromatic nitrogens is 2. The highest BCUT2D eigenvalue weighted by atomic mass is 32.2. The second-order valence-electron chi connectivity index (χ2n) is 3.29. The average Bonchev–Trinajstić information content (AvgIpc) is 2.79. The fourth-order valence-electron chi connectivity index (χ4n) is 1.76. The summed E-state index contributed by atoms with van der Waals surface area (Å²) in [7, 11) is 0. The van der Waals surface area contributed by atoms with Crippen LogP contribution in [0.5, 0.6) is 0 Å². The van der Waals surface area contributed by atoms with Gasteiger partial charge in [-0.05, 0) is 5.56 Å². The van der Waals surface area contributed by atoms with Crippen molar-refractivity contribution in [2.24, 2.45) is 0 Å². The van der Waals surface area contributed by atoms with Crippen molar-refractivity contribution >= 4 is 11.8 Å². The van der Waals surface area contributed by atoms with Gasteiger partial charge in [0.1, 0.15) is 0 Å². The summed E-state index contributed by atoms with van der Waals surface area (Å²) in [5.74, 6) is 1.16. The van der Waals surface area contributed by atoms with Gasteiger partial charge in [-0.2, -0.15) is 0 Å². The van der Waals surface area contributed by atoms with Crippen LogP contribution >= 0.6 is 11.8 Å². The van der Waals surface area contributed by atoms with Gasteiger partial charge in [0.05, 0.1) is 11.9 Å². The number of fused-ring (bicyclic) bond motifs is 1. The first kappa shape index (κ1) is 8.12. The zero-order valence-electron chi connectivity index (χ0n) is 7.68. The van der Waals surface area contributed by atoms with Crippen molar-refractivity contribution in [1.82, 2.24) is 9.55 Å². The van der Waals surface area contributed by atoms with E-state index in [0.717, 1.165) is 17.5 Å². The molecule has 0 saturated heterocycles. The predicted octanol–water partition coefficient (Wildman–Crippen LogP) is 2.66. The summed E-state index contributed by atoms with van der Waals surface area (Å²) < 4.78 is 2.29. The Morgan fingerprint density at radius 1 is 1.21 bits per heavy atom. The third kappa shape index (κ3) is 1.16. The van der Waals surface area contributed by atoms with Gasteiger partial charge in [0.15, 0.2) is 5.16 Å². The van der Waals surface area contributed by atoms with Crippen LogP contribution in [-0.2, 0) is 6.54 Å². The van der Waals surface area contributed by atoms with E-state index >= 15 is 0 Å². The lowest BCUT2D eigenvalue weighted by Gasteiger charge is -2.03. The molecule has 1 aromatic heterocycles. The number of imidazole rings is 1. The second-order valence-corrected chi connectivity index (χ2v) is 4.35. The zero-order chi connectivity index (χ0) is 9.38. The summed E-state index contributed by atoms with van der Waals surface area (Å²) >= 11 is 1.84.